The van der Waals surface area contributed by atoms with Crippen molar-refractivity contribution in [1.29, 1.82) is 0 Å². The molecular formula is C13H21N3O. The highest BCUT2D eigenvalue weighted by Gasteiger charge is 2.18. The van der Waals surface area contributed by atoms with Gasteiger partial charge in [0, 0.05) is 25.1 Å². The fourth-order valence-corrected chi connectivity index (χ4v) is 2.14. The molecule has 1 aliphatic rings. The summed E-state index contributed by atoms with van der Waals surface area (Å²) in [6.07, 6.45) is 2.37. The van der Waals surface area contributed by atoms with E-state index < -0.39 is 0 Å². The lowest BCUT2D eigenvalue weighted by molar-refractivity contribution is 0.436. The molecule has 4 heteroatoms. The van der Waals surface area contributed by atoms with Gasteiger partial charge in [-0.2, -0.15) is 0 Å². The van der Waals surface area contributed by atoms with Crippen molar-refractivity contribution in [3.05, 3.63) is 22.2 Å². The molecule has 0 amide bonds. The number of nitrogens with zero attached hydrogens (tertiary/aromatic N) is 2. The smallest absolute Gasteiger partial charge is 0.252 e. The minimum absolute atomic E-state index is 0.0441. The van der Waals surface area contributed by atoms with Gasteiger partial charge in [0.25, 0.3) is 5.56 Å². The number of hydrogen-bond acceptors (Lipinski definition) is 3. The van der Waals surface area contributed by atoms with E-state index in [2.05, 4.69) is 21.8 Å². The molecule has 0 unspecified atom stereocenters. The zero-order valence-electron chi connectivity index (χ0n) is 10.9. The first kappa shape index (κ1) is 12.1. The third-order valence-corrected chi connectivity index (χ3v) is 3.40. The van der Waals surface area contributed by atoms with Gasteiger partial charge in [-0.25, -0.2) is 4.98 Å². The lowest BCUT2D eigenvalue weighted by atomic mass is 9.99. The number of nitrogens with one attached hydrogen (secondary N) is 1. The van der Waals surface area contributed by atoms with E-state index in [1.165, 1.54) is 12.8 Å². The van der Waals surface area contributed by atoms with Gasteiger partial charge in [0.1, 0.15) is 11.6 Å². The van der Waals surface area contributed by atoms with Gasteiger partial charge < -0.3 is 9.88 Å². The van der Waals surface area contributed by atoms with Crippen LogP contribution in [0.4, 0.5) is 5.82 Å². The van der Waals surface area contributed by atoms with E-state index in [-0.39, 0.29) is 11.5 Å². The number of rotatable bonds is 2. The Balaban J connectivity index is 2.23. The van der Waals surface area contributed by atoms with E-state index in [4.69, 9.17) is 0 Å². The number of hydrogen-bond donors (Lipinski definition) is 1. The Hall–Kier alpha value is -1.32. The molecule has 17 heavy (non-hydrogen) atoms. The molecule has 1 saturated heterocycles. The molecule has 1 fully saturated rings. The predicted octanol–water partition coefficient (Wildman–Crippen LogP) is 2.13. The summed E-state index contributed by atoms with van der Waals surface area (Å²) in [7, 11) is 0. The number of H-pyrrole nitrogens is 1. The number of aromatic amines is 1. The molecule has 0 spiro atoms. The Labute approximate surface area is 102 Å². The molecule has 1 N–H and O–H groups in total. The minimum atomic E-state index is -0.0441. The van der Waals surface area contributed by atoms with Gasteiger partial charge in [-0.05, 0) is 18.8 Å². The third kappa shape index (κ3) is 2.87. The second kappa shape index (κ2) is 4.90. The lowest BCUT2D eigenvalue weighted by Gasteiger charge is -2.31. The molecule has 0 bridgehead atoms. The fraction of sp³-hybridized carbons (Fsp3) is 0.692. The van der Waals surface area contributed by atoms with Gasteiger partial charge >= 0.3 is 0 Å². The molecule has 94 valence electrons. The first-order valence-corrected chi connectivity index (χ1v) is 6.42. The molecule has 0 saturated carbocycles. The second-order valence-electron chi connectivity index (χ2n) is 5.31. The van der Waals surface area contributed by atoms with E-state index in [9.17, 15) is 4.79 Å². The third-order valence-electron chi connectivity index (χ3n) is 3.40. The highest BCUT2D eigenvalue weighted by Crippen LogP contribution is 2.21. The Bertz CT molecular complexity index is 431. The highest BCUT2D eigenvalue weighted by atomic mass is 16.1. The largest absolute Gasteiger partial charge is 0.356 e. The van der Waals surface area contributed by atoms with E-state index in [1.807, 2.05) is 13.8 Å². The summed E-state index contributed by atoms with van der Waals surface area (Å²) in [6.45, 7) is 8.38. The standard InChI is InChI=1S/C13H21N3O/c1-9(2)13-14-11(8-12(17)15-13)16-6-4-10(3)5-7-16/h8-10H,4-7H2,1-3H3,(H,14,15,17). The second-order valence-corrected chi connectivity index (χ2v) is 5.31. The van der Waals surface area contributed by atoms with Crippen LogP contribution in [0, 0.1) is 5.92 Å². The monoisotopic (exact) mass is 235 g/mol. The van der Waals surface area contributed by atoms with Crippen LogP contribution in [-0.4, -0.2) is 23.1 Å². The van der Waals surface area contributed by atoms with Crippen molar-refractivity contribution in [3.63, 3.8) is 0 Å². The highest BCUT2D eigenvalue weighted by molar-refractivity contribution is 5.38. The van der Waals surface area contributed by atoms with Crippen molar-refractivity contribution in [2.75, 3.05) is 18.0 Å². The topological polar surface area (TPSA) is 49.0 Å². The molecule has 1 aromatic rings. The van der Waals surface area contributed by atoms with Gasteiger partial charge in [-0.3, -0.25) is 4.79 Å². The first-order chi connectivity index (χ1) is 8.06. The Morgan fingerprint density at radius 1 is 1.41 bits per heavy atom. The van der Waals surface area contributed by atoms with Gasteiger partial charge in [-0.1, -0.05) is 20.8 Å². The summed E-state index contributed by atoms with van der Waals surface area (Å²) in [6, 6.07) is 1.61. The van der Waals surface area contributed by atoms with Gasteiger partial charge in [0.15, 0.2) is 0 Å². The molecule has 2 rings (SSSR count). The van der Waals surface area contributed by atoms with Crippen LogP contribution >= 0.6 is 0 Å². The van der Waals surface area contributed by atoms with Crippen LogP contribution in [0.3, 0.4) is 0 Å². The van der Waals surface area contributed by atoms with Crippen LogP contribution in [0.15, 0.2) is 10.9 Å². The van der Waals surface area contributed by atoms with E-state index >= 15 is 0 Å². The first-order valence-electron chi connectivity index (χ1n) is 6.42. The zero-order chi connectivity index (χ0) is 12.4. The summed E-state index contributed by atoms with van der Waals surface area (Å²) in [5.41, 5.74) is -0.0441. The number of aromatic nitrogens is 2. The fourth-order valence-electron chi connectivity index (χ4n) is 2.14. The summed E-state index contributed by atoms with van der Waals surface area (Å²) < 4.78 is 0. The van der Waals surface area contributed by atoms with Crippen molar-refractivity contribution in [3.8, 4) is 0 Å². The van der Waals surface area contributed by atoms with Gasteiger partial charge in [0.2, 0.25) is 0 Å². The maximum absolute atomic E-state index is 11.6. The quantitative estimate of drug-likeness (QED) is 0.854. The van der Waals surface area contributed by atoms with E-state index in [0.29, 0.717) is 0 Å². The van der Waals surface area contributed by atoms with Crippen LogP contribution < -0.4 is 10.5 Å². The maximum atomic E-state index is 11.6. The normalized spacial score (nSPS) is 17.8. The van der Waals surface area contributed by atoms with Crippen molar-refractivity contribution in [1.82, 2.24) is 9.97 Å². The Morgan fingerprint density at radius 3 is 2.65 bits per heavy atom. The van der Waals surface area contributed by atoms with Gasteiger partial charge in [0.05, 0.1) is 0 Å². The molecule has 0 aliphatic carbocycles. The van der Waals surface area contributed by atoms with Crippen molar-refractivity contribution < 1.29 is 0 Å². The minimum Gasteiger partial charge on any atom is -0.356 e. The molecule has 0 aromatic carbocycles. The van der Waals surface area contributed by atoms with E-state index in [1.54, 1.807) is 6.07 Å². The lowest BCUT2D eigenvalue weighted by Crippen LogP contribution is -2.34. The molecule has 1 aromatic heterocycles. The van der Waals surface area contributed by atoms with Crippen LogP contribution in [0.5, 0.6) is 0 Å². The maximum Gasteiger partial charge on any atom is 0.252 e. The molecular weight excluding hydrogens is 214 g/mol. The Kier molecular flexibility index (Phi) is 3.50. The average molecular weight is 235 g/mol. The molecule has 0 atom stereocenters. The number of piperidine rings is 1. The molecule has 2 heterocycles. The average Bonchev–Trinajstić information content (AvgIpc) is 2.29. The summed E-state index contributed by atoms with van der Waals surface area (Å²) in [5, 5.41) is 0. The SMILES string of the molecule is CC1CCN(c2cc(=O)[nH]c(C(C)C)n2)CC1. The van der Waals surface area contributed by atoms with Crippen molar-refractivity contribution >= 4 is 5.82 Å². The van der Waals surface area contributed by atoms with Crippen molar-refractivity contribution in [2.24, 2.45) is 5.92 Å². The summed E-state index contributed by atoms with van der Waals surface area (Å²) in [5.74, 6) is 2.67. The van der Waals surface area contributed by atoms with E-state index in [0.717, 1.165) is 30.6 Å². The summed E-state index contributed by atoms with van der Waals surface area (Å²) in [4.78, 5) is 21.2. The zero-order valence-corrected chi connectivity index (χ0v) is 10.9. The number of anilines is 1. The van der Waals surface area contributed by atoms with Crippen LogP contribution in [0.2, 0.25) is 0 Å². The molecule has 4 nitrogen and oxygen atoms in total. The molecule has 0 radical (unpaired) electrons. The van der Waals surface area contributed by atoms with Crippen LogP contribution in [0.25, 0.3) is 0 Å². The summed E-state index contributed by atoms with van der Waals surface area (Å²) >= 11 is 0. The predicted molar refractivity (Wildman–Crippen MR) is 69.6 cm³/mol. The molecule has 1 aliphatic heterocycles. The van der Waals surface area contributed by atoms with Gasteiger partial charge in [-0.15, -0.1) is 0 Å². The Morgan fingerprint density at radius 2 is 2.06 bits per heavy atom. The van der Waals surface area contributed by atoms with Crippen LogP contribution in [-0.2, 0) is 0 Å². The van der Waals surface area contributed by atoms with Crippen LogP contribution in [0.1, 0.15) is 45.4 Å². The van der Waals surface area contributed by atoms with Crippen molar-refractivity contribution in [2.45, 2.75) is 39.5 Å².